The second-order valence-electron chi connectivity index (χ2n) is 10.2. The van der Waals surface area contributed by atoms with E-state index in [0.717, 1.165) is 5.56 Å². The molecule has 0 bridgehead atoms. The fourth-order valence-electron chi connectivity index (χ4n) is 4.83. The zero-order chi connectivity index (χ0) is 32.9. The van der Waals surface area contributed by atoms with Gasteiger partial charge < -0.3 is 0 Å². The van der Waals surface area contributed by atoms with Crippen molar-refractivity contribution < 1.29 is 15.6 Å². The first kappa shape index (κ1) is 36.5. The molecule has 0 amide bonds. The van der Waals surface area contributed by atoms with E-state index in [1.54, 1.807) is 0 Å². The van der Waals surface area contributed by atoms with Crippen molar-refractivity contribution in [1.82, 2.24) is 0 Å². The maximum absolute atomic E-state index is 3.72. The molecule has 0 atom stereocenters. The van der Waals surface area contributed by atoms with Crippen molar-refractivity contribution in [2.24, 2.45) is 0 Å². The van der Waals surface area contributed by atoms with Crippen molar-refractivity contribution in [3.8, 4) is 0 Å². The number of hydrogen-bond acceptors (Lipinski definition) is 0. The van der Waals surface area contributed by atoms with Gasteiger partial charge >= 0.3 is 35.1 Å². The summed E-state index contributed by atoms with van der Waals surface area (Å²) in [4.78, 5) is 0. The van der Waals surface area contributed by atoms with Crippen molar-refractivity contribution in [3.63, 3.8) is 0 Å². The van der Waals surface area contributed by atoms with Gasteiger partial charge in [-0.15, -0.1) is 12.1 Å². The minimum atomic E-state index is -0.446. The molecule has 0 saturated carbocycles. The topological polar surface area (TPSA) is 0 Å². The van der Waals surface area contributed by atoms with Crippen molar-refractivity contribution >= 4 is 67.2 Å². The molecule has 4 heteroatoms. The summed E-state index contributed by atoms with van der Waals surface area (Å²) in [5.74, 6) is 0. The van der Waals surface area contributed by atoms with Crippen LogP contribution in [-0.4, -0.2) is 0 Å². The van der Waals surface area contributed by atoms with Gasteiger partial charge in [0.05, 0.1) is 0 Å². The van der Waals surface area contributed by atoms with Gasteiger partial charge in [-0.2, -0.15) is 24.6 Å². The Morgan fingerprint density at radius 2 is 0.426 bits per heavy atom. The third-order valence-corrected chi connectivity index (χ3v) is 11.8. The molecule has 7 aromatic rings. The third kappa shape index (κ3) is 12.0. The zero-order valence-corrected chi connectivity index (χ0v) is 31.5. The fourth-order valence-corrected chi connectivity index (χ4v) is 9.45. The van der Waals surface area contributed by atoms with E-state index in [2.05, 4.69) is 205 Å². The van der Waals surface area contributed by atoms with Crippen LogP contribution < -0.4 is 31.8 Å². The molecule has 0 aliphatic carbocycles. The van der Waals surface area contributed by atoms with Gasteiger partial charge in [0.25, 0.3) is 0 Å². The van der Waals surface area contributed by atoms with Crippen LogP contribution in [0.15, 0.2) is 212 Å². The number of rotatable bonds is 6. The zero-order valence-electron chi connectivity index (χ0n) is 26.0. The Morgan fingerprint density at radius 1 is 0.277 bits per heavy atom. The molecule has 47 heavy (non-hydrogen) atoms. The molecule has 0 aromatic heterocycles. The van der Waals surface area contributed by atoms with Crippen molar-refractivity contribution in [1.29, 1.82) is 0 Å². The van der Waals surface area contributed by atoms with E-state index in [9.17, 15) is 0 Å². The van der Waals surface area contributed by atoms with E-state index in [0.29, 0.717) is 0 Å². The Morgan fingerprint density at radius 3 is 0.553 bits per heavy atom. The Hall–Kier alpha value is -3.34. The maximum Gasteiger partial charge on any atom is -0.0134 e. The minimum absolute atomic E-state index is 0.446. The van der Waals surface area contributed by atoms with Gasteiger partial charge in [0.1, 0.15) is 0 Å². The van der Waals surface area contributed by atoms with Gasteiger partial charge in [-0.3, -0.25) is 0 Å². The molecular formula is C43H37IP2Pd. The van der Waals surface area contributed by atoms with Gasteiger partial charge in [0.15, 0.2) is 0 Å². The molecule has 0 aliphatic rings. The largest absolute Gasteiger partial charge is 0.0622 e. The van der Waals surface area contributed by atoms with Gasteiger partial charge in [-0.05, 0) is 47.7 Å². The summed E-state index contributed by atoms with van der Waals surface area (Å²) in [6.45, 7) is 3.72. The van der Waals surface area contributed by atoms with Crippen molar-refractivity contribution in [2.45, 2.75) is 0 Å². The summed E-state index contributed by atoms with van der Waals surface area (Å²) in [7, 11) is -0.892. The minimum Gasteiger partial charge on any atom is -0.0622 e. The summed E-state index contributed by atoms with van der Waals surface area (Å²) in [6, 6.07) is 74.5. The van der Waals surface area contributed by atoms with Crippen LogP contribution in [0.1, 0.15) is 5.56 Å². The second kappa shape index (κ2) is 21.5. The maximum atomic E-state index is 3.72. The van der Waals surface area contributed by atoms with Crippen molar-refractivity contribution in [2.75, 3.05) is 0 Å². The van der Waals surface area contributed by atoms with Crippen LogP contribution >= 0.6 is 35.4 Å². The first-order valence-electron chi connectivity index (χ1n) is 15.2. The molecule has 0 saturated heterocycles. The summed E-state index contributed by atoms with van der Waals surface area (Å²) in [6.07, 6.45) is 0. The predicted molar refractivity (Wildman–Crippen MR) is 215 cm³/mol. The molecule has 7 aromatic carbocycles. The first-order chi connectivity index (χ1) is 23.3. The fraction of sp³-hybridized carbons (Fsp3) is 0. The van der Waals surface area contributed by atoms with Crippen molar-refractivity contribution in [3.05, 3.63) is 225 Å². The number of benzene rings is 7. The van der Waals surface area contributed by atoms with E-state index < -0.39 is 15.8 Å². The van der Waals surface area contributed by atoms with E-state index >= 15 is 0 Å². The second-order valence-corrected chi connectivity index (χ2v) is 14.6. The number of halogens is 1. The normalized spacial score (nSPS) is 9.98. The van der Waals surface area contributed by atoms with Crippen LogP contribution in [0, 0.1) is 6.92 Å². The molecule has 0 N–H and O–H groups in total. The van der Waals surface area contributed by atoms with Gasteiger partial charge in [0.2, 0.25) is 0 Å². The Balaban J connectivity index is 0.000000170. The molecule has 7 rings (SSSR count). The Labute approximate surface area is 305 Å². The smallest absolute Gasteiger partial charge is 0.0134 e. The molecule has 0 fully saturated rings. The molecule has 0 spiro atoms. The monoisotopic (exact) mass is 848 g/mol. The van der Waals surface area contributed by atoms with E-state index in [1.165, 1.54) is 31.8 Å². The molecule has 0 unspecified atom stereocenters. The quantitative estimate of drug-likeness (QED) is 0.0678. The first-order valence-corrected chi connectivity index (χ1v) is 22.5. The Bertz CT molecular complexity index is 1470. The molecule has 0 radical (unpaired) electrons. The Kier molecular flexibility index (Phi) is 16.7. The molecule has 0 aliphatic heterocycles. The van der Waals surface area contributed by atoms with Crippen LogP contribution in [0.4, 0.5) is 0 Å². The van der Waals surface area contributed by atoms with Gasteiger partial charge in [-0.25, -0.2) is 0 Å². The van der Waals surface area contributed by atoms with Crippen LogP contribution in [0.25, 0.3) is 0 Å². The summed E-state index contributed by atoms with van der Waals surface area (Å²) in [5, 5.41) is 8.39. The average molecular weight is 849 g/mol. The number of hydrogen-bond donors (Lipinski definition) is 0. The van der Waals surface area contributed by atoms with Gasteiger partial charge in [-0.1, -0.05) is 188 Å². The van der Waals surface area contributed by atoms with Crippen LogP contribution in [0.5, 0.6) is 0 Å². The average Bonchev–Trinajstić information content (AvgIpc) is 3.16. The predicted octanol–water partition coefficient (Wildman–Crippen LogP) is 9.64. The summed E-state index contributed by atoms with van der Waals surface area (Å²) >= 11 is 4.72. The SMILES string of the molecule is [CH2-]c1ccccc1.[Pd+][I].c1ccc(P(c2ccccc2)c2ccccc2)cc1.c1ccc(P(c2ccccc2)c2ccccc2)cc1. The van der Waals surface area contributed by atoms with E-state index in [-0.39, 0.29) is 0 Å². The van der Waals surface area contributed by atoms with E-state index in [4.69, 9.17) is 0 Å². The standard InChI is InChI=1S/2C18H15P.C7H7.HI.Pd/c2*1-4-10-16(11-5-1)19(17-12-6-2-7-13-17)18-14-8-3-9-15-18;1-7-5-3-2-4-6-7;;/h2*1-15H;2-6H,1H2;1H;/q;;-1;;+2/p-1. The molecule has 0 heterocycles. The van der Waals surface area contributed by atoms with Crippen LogP contribution in [-0.2, 0) is 15.6 Å². The van der Waals surface area contributed by atoms with Gasteiger partial charge in [0, 0.05) is 0 Å². The van der Waals surface area contributed by atoms with E-state index in [1.807, 2.05) is 49.8 Å². The molecular weight excluding hydrogens is 812 g/mol. The summed E-state index contributed by atoms with van der Waals surface area (Å²) in [5.41, 5.74) is 1.07. The molecule has 0 nitrogen and oxygen atoms in total. The third-order valence-electron chi connectivity index (χ3n) is 6.93. The molecule has 236 valence electrons. The van der Waals surface area contributed by atoms with Crippen LogP contribution in [0.2, 0.25) is 0 Å². The summed E-state index contributed by atoms with van der Waals surface area (Å²) < 4.78 is 0. The van der Waals surface area contributed by atoms with Crippen LogP contribution in [0.3, 0.4) is 0 Å².